The molecule has 66 valence electrons. The lowest BCUT2D eigenvalue weighted by molar-refractivity contribution is 0.885. The minimum atomic E-state index is 0.699. The average molecular weight is 164 g/mol. The third kappa shape index (κ3) is 2.24. The molecule has 0 saturated carbocycles. The van der Waals surface area contributed by atoms with E-state index in [1.54, 1.807) is 0 Å². The summed E-state index contributed by atoms with van der Waals surface area (Å²) in [6.45, 7) is 3.69. The number of rotatable bonds is 3. The summed E-state index contributed by atoms with van der Waals surface area (Å²) < 4.78 is 0. The van der Waals surface area contributed by atoms with Crippen molar-refractivity contribution in [2.75, 3.05) is 25.0 Å². The Morgan fingerprint density at radius 3 is 2.33 bits per heavy atom. The molecular weight excluding hydrogens is 148 g/mol. The standard InChI is InChI=1S/C10H16N2/c1-9-3-5-10(6-4-9)12(2)8-7-11/h3-6H,7-8,11H2,1-2H3. The maximum Gasteiger partial charge on any atom is 0.0364 e. The second kappa shape index (κ2) is 4.12. The Balaban J connectivity index is 2.68. The molecular formula is C10H16N2. The number of hydrogen-bond donors (Lipinski definition) is 1. The highest BCUT2D eigenvalue weighted by atomic mass is 15.1. The highest BCUT2D eigenvalue weighted by Gasteiger charge is 1.96. The Hall–Kier alpha value is -1.02. The van der Waals surface area contributed by atoms with E-state index in [0.29, 0.717) is 6.54 Å². The van der Waals surface area contributed by atoms with Crippen LogP contribution in [0.3, 0.4) is 0 Å². The van der Waals surface area contributed by atoms with E-state index in [1.165, 1.54) is 11.3 Å². The number of hydrogen-bond acceptors (Lipinski definition) is 2. The van der Waals surface area contributed by atoms with E-state index in [2.05, 4.69) is 43.1 Å². The van der Waals surface area contributed by atoms with Gasteiger partial charge in [0.1, 0.15) is 0 Å². The van der Waals surface area contributed by atoms with Crippen molar-refractivity contribution >= 4 is 5.69 Å². The lowest BCUT2D eigenvalue weighted by Gasteiger charge is -2.17. The largest absolute Gasteiger partial charge is 0.373 e. The molecule has 0 unspecified atom stereocenters. The van der Waals surface area contributed by atoms with Crippen LogP contribution in [0.15, 0.2) is 24.3 Å². The first-order chi connectivity index (χ1) is 5.74. The topological polar surface area (TPSA) is 29.3 Å². The minimum Gasteiger partial charge on any atom is -0.373 e. The van der Waals surface area contributed by atoms with Gasteiger partial charge in [-0.1, -0.05) is 17.7 Å². The molecule has 2 N–H and O–H groups in total. The summed E-state index contributed by atoms with van der Waals surface area (Å²) in [5, 5.41) is 0. The van der Waals surface area contributed by atoms with Gasteiger partial charge in [-0.15, -0.1) is 0 Å². The molecule has 2 heteroatoms. The van der Waals surface area contributed by atoms with Gasteiger partial charge in [0.25, 0.3) is 0 Å². The third-order valence-electron chi connectivity index (χ3n) is 1.94. The SMILES string of the molecule is Cc1ccc(N(C)CCN)cc1. The van der Waals surface area contributed by atoms with Gasteiger partial charge in [0.2, 0.25) is 0 Å². The van der Waals surface area contributed by atoms with Crippen molar-refractivity contribution < 1.29 is 0 Å². The lowest BCUT2D eigenvalue weighted by Crippen LogP contribution is -2.24. The van der Waals surface area contributed by atoms with Gasteiger partial charge in [-0.2, -0.15) is 0 Å². The molecule has 2 nitrogen and oxygen atoms in total. The van der Waals surface area contributed by atoms with Crippen LogP contribution in [0.4, 0.5) is 5.69 Å². The van der Waals surface area contributed by atoms with Crippen molar-refractivity contribution in [1.29, 1.82) is 0 Å². The van der Waals surface area contributed by atoms with Gasteiger partial charge < -0.3 is 10.6 Å². The summed E-state index contributed by atoms with van der Waals surface area (Å²) in [7, 11) is 2.05. The van der Waals surface area contributed by atoms with Crippen molar-refractivity contribution in [2.24, 2.45) is 5.73 Å². The zero-order chi connectivity index (χ0) is 8.97. The van der Waals surface area contributed by atoms with E-state index in [1.807, 2.05) is 0 Å². The molecule has 0 fully saturated rings. The van der Waals surface area contributed by atoms with Crippen molar-refractivity contribution in [3.63, 3.8) is 0 Å². The first kappa shape index (κ1) is 9.07. The van der Waals surface area contributed by atoms with Gasteiger partial charge >= 0.3 is 0 Å². The van der Waals surface area contributed by atoms with E-state index in [-0.39, 0.29) is 0 Å². The van der Waals surface area contributed by atoms with E-state index in [4.69, 9.17) is 5.73 Å². The molecule has 0 aliphatic rings. The molecule has 0 radical (unpaired) electrons. The maximum atomic E-state index is 5.46. The molecule has 0 spiro atoms. The Morgan fingerprint density at radius 1 is 1.25 bits per heavy atom. The predicted molar refractivity (Wildman–Crippen MR) is 53.5 cm³/mol. The Bertz CT molecular complexity index is 228. The van der Waals surface area contributed by atoms with Gasteiger partial charge in [0, 0.05) is 25.8 Å². The van der Waals surface area contributed by atoms with Crippen molar-refractivity contribution in [1.82, 2.24) is 0 Å². The molecule has 0 bridgehead atoms. The van der Waals surface area contributed by atoms with Crippen LogP contribution in [0.25, 0.3) is 0 Å². The fraction of sp³-hybridized carbons (Fsp3) is 0.400. The van der Waals surface area contributed by atoms with Crippen LogP contribution in [0.2, 0.25) is 0 Å². The molecule has 0 saturated heterocycles. The van der Waals surface area contributed by atoms with Crippen LogP contribution in [0.1, 0.15) is 5.56 Å². The molecule has 0 atom stereocenters. The number of nitrogens with zero attached hydrogens (tertiary/aromatic N) is 1. The summed E-state index contributed by atoms with van der Waals surface area (Å²) in [4.78, 5) is 2.15. The summed E-state index contributed by atoms with van der Waals surface area (Å²) in [6.07, 6.45) is 0. The smallest absolute Gasteiger partial charge is 0.0364 e. The van der Waals surface area contributed by atoms with Crippen LogP contribution < -0.4 is 10.6 Å². The van der Waals surface area contributed by atoms with Crippen LogP contribution in [0.5, 0.6) is 0 Å². The number of nitrogens with two attached hydrogens (primary N) is 1. The van der Waals surface area contributed by atoms with Crippen molar-refractivity contribution in [3.8, 4) is 0 Å². The second-order valence-electron chi connectivity index (χ2n) is 3.05. The fourth-order valence-corrected chi connectivity index (χ4v) is 1.12. The summed E-state index contributed by atoms with van der Waals surface area (Å²) in [6, 6.07) is 8.46. The van der Waals surface area contributed by atoms with Gasteiger partial charge in [-0.25, -0.2) is 0 Å². The molecule has 0 aromatic heterocycles. The average Bonchev–Trinajstić information content (AvgIpc) is 2.06. The maximum absolute atomic E-state index is 5.46. The number of aryl methyl sites for hydroxylation is 1. The molecule has 0 amide bonds. The lowest BCUT2D eigenvalue weighted by atomic mass is 10.2. The summed E-state index contributed by atoms with van der Waals surface area (Å²) in [5.74, 6) is 0. The van der Waals surface area contributed by atoms with Crippen LogP contribution in [0, 0.1) is 6.92 Å². The monoisotopic (exact) mass is 164 g/mol. The van der Waals surface area contributed by atoms with Gasteiger partial charge in [-0.05, 0) is 19.1 Å². The van der Waals surface area contributed by atoms with Crippen LogP contribution >= 0.6 is 0 Å². The number of anilines is 1. The quantitative estimate of drug-likeness (QED) is 0.731. The molecule has 0 heterocycles. The molecule has 1 rings (SSSR count). The van der Waals surface area contributed by atoms with Crippen LogP contribution in [-0.4, -0.2) is 20.1 Å². The summed E-state index contributed by atoms with van der Waals surface area (Å²) in [5.41, 5.74) is 7.97. The highest BCUT2D eigenvalue weighted by Crippen LogP contribution is 2.12. The molecule has 1 aromatic rings. The van der Waals surface area contributed by atoms with E-state index in [9.17, 15) is 0 Å². The molecule has 12 heavy (non-hydrogen) atoms. The van der Waals surface area contributed by atoms with Crippen molar-refractivity contribution in [3.05, 3.63) is 29.8 Å². The molecule has 0 aliphatic heterocycles. The van der Waals surface area contributed by atoms with E-state index >= 15 is 0 Å². The Labute approximate surface area is 74.0 Å². The zero-order valence-corrected chi connectivity index (χ0v) is 7.75. The molecule has 0 aliphatic carbocycles. The van der Waals surface area contributed by atoms with Crippen molar-refractivity contribution in [2.45, 2.75) is 6.92 Å². The Morgan fingerprint density at radius 2 is 1.83 bits per heavy atom. The highest BCUT2D eigenvalue weighted by molar-refractivity contribution is 5.46. The number of likely N-dealkylation sites (N-methyl/N-ethyl adjacent to an activating group) is 1. The fourth-order valence-electron chi connectivity index (χ4n) is 1.12. The molecule has 1 aromatic carbocycles. The second-order valence-corrected chi connectivity index (χ2v) is 3.05. The number of benzene rings is 1. The summed E-state index contributed by atoms with van der Waals surface area (Å²) >= 11 is 0. The van der Waals surface area contributed by atoms with E-state index < -0.39 is 0 Å². The van der Waals surface area contributed by atoms with Gasteiger partial charge in [0.05, 0.1) is 0 Å². The third-order valence-corrected chi connectivity index (χ3v) is 1.94. The minimum absolute atomic E-state index is 0.699. The Kier molecular flexibility index (Phi) is 3.11. The zero-order valence-electron chi connectivity index (χ0n) is 7.75. The van der Waals surface area contributed by atoms with Gasteiger partial charge in [0.15, 0.2) is 0 Å². The normalized spacial score (nSPS) is 9.92. The first-order valence-electron chi connectivity index (χ1n) is 4.22. The van der Waals surface area contributed by atoms with Gasteiger partial charge in [-0.3, -0.25) is 0 Å². The van der Waals surface area contributed by atoms with E-state index in [0.717, 1.165) is 6.54 Å². The predicted octanol–water partition coefficient (Wildman–Crippen LogP) is 1.39. The van der Waals surface area contributed by atoms with Crippen LogP contribution in [-0.2, 0) is 0 Å². The first-order valence-corrected chi connectivity index (χ1v) is 4.22.